The number of amides is 2. The van der Waals surface area contributed by atoms with Crippen molar-refractivity contribution in [3.05, 3.63) is 41.3 Å². The Bertz CT molecular complexity index is 705. The van der Waals surface area contributed by atoms with Gasteiger partial charge in [0.25, 0.3) is 0 Å². The number of pyridine rings is 1. The quantitative estimate of drug-likeness (QED) is 0.890. The summed E-state index contributed by atoms with van der Waals surface area (Å²) in [5.74, 6) is 1.32. The van der Waals surface area contributed by atoms with Crippen LogP contribution >= 0.6 is 0 Å². The third-order valence-corrected chi connectivity index (χ3v) is 4.41. The number of aryl methyl sites for hydroxylation is 2. The summed E-state index contributed by atoms with van der Waals surface area (Å²) >= 11 is 0. The van der Waals surface area contributed by atoms with E-state index in [1.165, 1.54) is 12.8 Å². The van der Waals surface area contributed by atoms with E-state index < -0.39 is 0 Å². The third kappa shape index (κ3) is 3.70. The molecule has 122 valence electrons. The van der Waals surface area contributed by atoms with E-state index in [1.54, 1.807) is 6.20 Å². The molecule has 1 fully saturated rings. The lowest BCUT2D eigenvalue weighted by Gasteiger charge is -2.12. The molecule has 0 radical (unpaired) electrons. The van der Waals surface area contributed by atoms with Crippen molar-refractivity contribution < 1.29 is 4.79 Å². The summed E-state index contributed by atoms with van der Waals surface area (Å²) in [5, 5.41) is 10.2. The van der Waals surface area contributed by atoms with E-state index in [0.29, 0.717) is 18.4 Å². The Kier molecular flexibility index (Phi) is 4.32. The number of anilines is 1. The smallest absolute Gasteiger partial charge is 0.320 e. The van der Waals surface area contributed by atoms with Crippen LogP contribution in [0.25, 0.3) is 0 Å². The van der Waals surface area contributed by atoms with Crippen LogP contribution in [0.4, 0.5) is 10.6 Å². The normalized spacial score (nSPS) is 15.3. The summed E-state index contributed by atoms with van der Waals surface area (Å²) in [6.45, 7) is 6.59. The number of aromatic nitrogens is 3. The van der Waals surface area contributed by atoms with Crippen molar-refractivity contribution >= 4 is 11.8 Å². The predicted octanol–water partition coefficient (Wildman–Crippen LogP) is 3.19. The first kappa shape index (κ1) is 15.5. The van der Waals surface area contributed by atoms with Crippen LogP contribution in [0.5, 0.6) is 0 Å². The summed E-state index contributed by atoms with van der Waals surface area (Å²) in [6, 6.07) is 5.88. The number of hydrogen-bond acceptors (Lipinski definition) is 3. The average molecular weight is 313 g/mol. The number of carbonyl (C=O) groups is 1. The van der Waals surface area contributed by atoms with Crippen LogP contribution in [0.3, 0.4) is 0 Å². The largest absolute Gasteiger partial charge is 0.334 e. The van der Waals surface area contributed by atoms with E-state index in [9.17, 15) is 4.79 Å². The molecule has 1 aliphatic rings. The van der Waals surface area contributed by atoms with Crippen LogP contribution in [0.1, 0.15) is 42.8 Å². The van der Waals surface area contributed by atoms with Gasteiger partial charge in [-0.25, -0.2) is 4.79 Å². The molecule has 6 heteroatoms. The van der Waals surface area contributed by atoms with Crippen molar-refractivity contribution in [2.75, 3.05) is 5.32 Å². The topological polar surface area (TPSA) is 71.8 Å². The van der Waals surface area contributed by atoms with E-state index in [4.69, 9.17) is 0 Å². The van der Waals surface area contributed by atoms with Gasteiger partial charge in [-0.15, -0.1) is 0 Å². The van der Waals surface area contributed by atoms with Crippen LogP contribution in [-0.2, 0) is 6.54 Å². The minimum Gasteiger partial charge on any atom is -0.334 e. The number of urea groups is 1. The van der Waals surface area contributed by atoms with Crippen molar-refractivity contribution in [3.8, 4) is 0 Å². The Morgan fingerprint density at radius 3 is 2.91 bits per heavy atom. The molecular weight excluding hydrogens is 290 g/mol. The molecule has 0 bridgehead atoms. The molecule has 0 saturated heterocycles. The fraction of sp³-hybridized carbons (Fsp3) is 0.471. The molecule has 23 heavy (non-hydrogen) atoms. The molecule has 1 saturated carbocycles. The van der Waals surface area contributed by atoms with Gasteiger partial charge in [-0.2, -0.15) is 5.10 Å². The van der Waals surface area contributed by atoms with Gasteiger partial charge in [0.15, 0.2) is 5.82 Å². The molecule has 0 aliphatic heterocycles. The fourth-order valence-corrected chi connectivity index (χ4v) is 2.78. The number of rotatable bonds is 5. The fourth-order valence-electron chi connectivity index (χ4n) is 2.78. The second-order valence-corrected chi connectivity index (χ2v) is 6.25. The molecule has 6 nitrogen and oxygen atoms in total. The summed E-state index contributed by atoms with van der Waals surface area (Å²) in [4.78, 5) is 16.3. The zero-order valence-electron chi connectivity index (χ0n) is 13.8. The molecular formula is C17H23N5O. The van der Waals surface area contributed by atoms with Crippen molar-refractivity contribution in [1.29, 1.82) is 0 Å². The first-order valence-electron chi connectivity index (χ1n) is 8.06. The Hall–Kier alpha value is -2.37. The van der Waals surface area contributed by atoms with Crippen molar-refractivity contribution in [2.45, 2.75) is 46.2 Å². The molecule has 1 atom stereocenters. The van der Waals surface area contributed by atoms with E-state index >= 15 is 0 Å². The zero-order valence-corrected chi connectivity index (χ0v) is 13.8. The molecule has 0 aromatic carbocycles. The van der Waals surface area contributed by atoms with Gasteiger partial charge < -0.3 is 5.32 Å². The van der Waals surface area contributed by atoms with Gasteiger partial charge in [0.05, 0.1) is 6.04 Å². The number of hydrogen-bond donors (Lipinski definition) is 2. The van der Waals surface area contributed by atoms with Gasteiger partial charge in [-0.3, -0.25) is 15.0 Å². The second-order valence-electron chi connectivity index (χ2n) is 6.25. The highest BCUT2D eigenvalue weighted by atomic mass is 16.2. The summed E-state index contributed by atoms with van der Waals surface area (Å²) in [5.41, 5.74) is 3.00. The van der Waals surface area contributed by atoms with E-state index in [2.05, 4.69) is 27.6 Å². The standard InChI is InChI=1S/C17H23N5O/c1-11-9-16(21-22(11)13(3)14-6-7-14)20-17(23)19-10-15-5-4-8-18-12(15)2/h4-5,8-9,13-14H,6-7,10H2,1-3H3,(H2,19,20,21,23). The van der Waals surface area contributed by atoms with Crippen LogP contribution in [-0.4, -0.2) is 20.8 Å². The highest BCUT2D eigenvalue weighted by Gasteiger charge is 2.30. The molecule has 2 N–H and O–H groups in total. The summed E-state index contributed by atoms with van der Waals surface area (Å²) in [7, 11) is 0. The monoisotopic (exact) mass is 313 g/mol. The molecule has 1 unspecified atom stereocenters. The highest BCUT2D eigenvalue weighted by Crippen LogP contribution is 2.39. The lowest BCUT2D eigenvalue weighted by atomic mass is 10.2. The second kappa shape index (κ2) is 6.40. The lowest BCUT2D eigenvalue weighted by Crippen LogP contribution is -2.28. The van der Waals surface area contributed by atoms with Crippen molar-refractivity contribution in [3.63, 3.8) is 0 Å². The van der Waals surface area contributed by atoms with Gasteiger partial charge in [0.1, 0.15) is 0 Å². The van der Waals surface area contributed by atoms with Crippen molar-refractivity contribution in [1.82, 2.24) is 20.1 Å². The Morgan fingerprint density at radius 2 is 2.22 bits per heavy atom. The predicted molar refractivity (Wildman–Crippen MR) is 89.2 cm³/mol. The third-order valence-electron chi connectivity index (χ3n) is 4.41. The molecule has 3 rings (SSSR count). The van der Waals surface area contributed by atoms with Gasteiger partial charge >= 0.3 is 6.03 Å². The average Bonchev–Trinajstić information content (AvgIpc) is 3.30. The minimum absolute atomic E-state index is 0.253. The number of carbonyl (C=O) groups excluding carboxylic acids is 1. The van der Waals surface area contributed by atoms with Crippen LogP contribution in [0.2, 0.25) is 0 Å². The van der Waals surface area contributed by atoms with Crippen molar-refractivity contribution in [2.24, 2.45) is 5.92 Å². The summed E-state index contributed by atoms with van der Waals surface area (Å²) < 4.78 is 2.01. The molecule has 2 aromatic rings. The molecule has 2 amide bonds. The van der Waals surface area contributed by atoms with Gasteiger partial charge in [0, 0.05) is 30.2 Å². The molecule has 2 heterocycles. The Labute approximate surface area is 136 Å². The Balaban J connectivity index is 1.57. The number of nitrogens with zero attached hydrogens (tertiary/aromatic N) is 3. The highest BCUT2D eigenvalue weighted by molar-refractivity contribution is 5.88. The van der Waals surface area contributed by atoms with Gasteiger partial charge in [-0.1, -0.05) is 6.07 Å². The van der Waals surface area contributed by atoms with Crippen LogP contribution in [0.15, 0.2) is 24.4 Å². The summed E-state index contributed by atoms with van der Waals surface area (Å²) in [6.07, 6.45) is 4.29. The van der Waals surface area contributed by atoms with Gasteiger partial charge in [0.2, 0.25) is 0 Å². The van der Waals surface area contributed by atoms with Gasteiger partial charge in [-0.05, 0) is 51.2 Å². The molecule has 0 spiro atoms. The molecule has 1 aliphatic carbocycles. The Morgan fingerprint density at radius 1 is 1.43 bits per heavy atom. The first-order chi connectivity index (χ1) is 11.0. The van der Waals surface area contributed by atoms with E-state index in [-0.39, 0.29) is 6.03 Å². The van der Waals surface area contributed by atoms with Crippen LogP contribution in [0, 0.1) is 19.8 Å². The van der Waals surface area contributed by atoms with Crippen LogP contribution < -0.4 is 10.6 Å². The first-order valence-corrected chi connectivity index (χ1v) is 8.06. The maximum Gasteiger partial charge on any atom is 0.320 e. The minimum atomic E-state index is -0.253. The van der Waals surface area contributed by atoms with E-state index in [1.807, 2.05) is 36.7 Å². The molecule has 2 aromatic heterocycles. The van der Waals surface area contributed by atoms with E-state index in [0.717, 1.165) is 22.9 Å². The maximum atomic E-state index is 12.0. The zero-order chi connectivity index (χ0) is 16.4. The number of nitrogens with one attached hydrogen (secondary N) is 2. The maximum absolute atomic E-state index is 12.0. The SMILES string of the molecule is Cc1ncccc1CNC(=O)Nc1cc(C)n(C(C)C2CC2)n1. The lowest BCUT2D eigenvalue weighted by molar-refractivity contribution is 0.251.